The van der Waals surface area contributed by atoms with Gasteiger partial charge in [-0.25, -0.2) is 27.1 Å². The largest absolute Gasteiger partial charge is 0.454 e. The van der Waals surface area contributed by atoms with Gasteiger partial charge in [0.25, 0.3) is 0 Å². The monoisotopic (exact) mass is 709 g/mol. The molecular formula is C40H40FN3O6S. The number of ether oxygens (including phenoxy) is 1. The Hall–Kier alpha value is -5.23. The molecule has 0 amide bonds. The minimum Gasteiger partial charge on any atom is -0.454 e. The van der Waals surface area contributed by atoms with Gasteiger partial charge in [0.15, 0.2) is 11.7 Å². The van der Waals surface area contributed by atoms with Crippen molar-refractivity contribution < 1.29 is 32.6 Å². The van der Waals surface area contributed by atoms with E-state index in [4.69, 9.17) is 4.74 Å². The fourth-order valence-corrected chi connectivity index (χ4v) is 6.08. The van der Waals surface area contributed by atoms with Crippen molar-refractivity contribution in [1.29, 1.82) is 0 Å². The molecule has 0 fully saturated rings. The van der Waals surface area contributed by atoms with Crippen molar-refractivity contribution in [3.63, 3.8) is 0 Å². The third-order valence-corrected chi connectivity index (χ3v) is 9.58. The van der Waals surface area contributed by atoms with Gasteiger partial charge in [0, 0.05) is 18.2 Å². The number of nitrogens with zero attached hydrogens (tertiary/aromatic N) is 3. The first-order chi connectivity index (χ1) is 24.3. The van der Waals surface area contributed by atoms with Crippen LogP contribution in [-0.2, 0) is 25.2 Å². The van der Waals surface area contributed by atoms with Crippen molar-refractivity contribution in [3.05, 3.63) is 155 Å². The van der Waals surface area contributed by atoms with E-state index in [0.29, 0.717) is 39.2 Å². The number of hydrogen-bond acceptors (Lipinski definition) is 8. The normalized spacial score (nSPS) is 13.3. The summed E-state index contributed by atoms with van der Waals surface area (Å²) in [6.07, 6.45) is 1.02. The van der Waals surface area contributed by atoms with Crippen molar-refractivity contribution in [2.75, 3.05) is 17.6 Å². The maximum Gasteiger partial charge on any atom is 0.309 e. The molecule has 5 rings (SSSR count). The van der Waals surface area contributed by atoms with Gasteiger partial charge in [0.1, 0.15) is 5.82 Å². The summed E-state index contributed by atoms with van der Waals surface area (Å²) in [5, 5.41) is 23.7. The number of aliphatic hydroxyl groups excluding tert-OH is 1. The Morgan fingerprint density at radius 3 is 1.92 bits per heavy atom. The Labute approximate surface area is 297 Å². The number of halogens is 1. The predicted molar refractivity (Wildman–Crippen MR) is 196 cm³/mol. The van der Waals surface area contributed by atoms with Crippen LogP contribution in [0, 0.1) is 5.82 Å². The lowest BCUT2D eigenvalue weighted by Crippen LogP contribution is -2.38. The molecule has 264 valence electrons. The van der Waals surface area contributed by atoms with Crippen LogP contribution in [-0.4, -0.2) is 54.0 Å². The van der Waals surface area contributed by atoms with Gasteiger partial charge < -0.3 is 14.9 Å². The van der Waals surface area contributed by atoms with E-state index in [1.807, 2.05) is 32.0 Å². The van der Waals surface area contributed by atoms with E-state index < -0.39 is 46.0 Å². The first-order valence-electron chi connectivity index (χ1n) is 16.3. The van der Waals surface area contributed by atoms with Crippen molar-refractivity contribution in [2.24, 2.45) is 0 Å². The second-order valence-corrected chi connectivity index (χ2v) is 14.5. The summed E-state index contributed by atoms with van der Waals surface area (Å²) in [5.74, 6) is -1.52. The van der Waals surface area contributed by atoms with Gasteiger partial charge in [-0.05, 0) is 46.9 Å². The Morgan fingerprint density at radius 1 is 0.882 bits per heavy atom. The lowest BCUT2D eigenvalue weighted by molar-refractivity contribution is -0.165. The minimum atomic E-state index is -3.71. The molecule has 0 aliphatic carbocycles. The summed E-state index contributed by atoms with van der Waals surface area (Å²) >= 11 is 0. The summed E-state index contributed by atoms with van der Waals surface area (Å²) < 4.78 is 45.7. The number of aliphatic hydroxyl groups is 2. The summed E-state index contributed by atoms with van der Waals surface area (Å²) in [4.78, 5) is 22.7. The van der Waals surface area contributed by atoms with Crippen LogP contribution < -0.4 is 4.31 Å². The summed E-state index contributed by atoms with van der Waals surface area (Å²) in [7, 11) is -2.37. The number of hydrogen-bond donors (Lipinski definition) is 2. The maximum absolute atomic E-state index is 13.9. The molecule has 0 aliphatic heterocycles. The van der Waals surface area contributed by atoms with E-state index in [0.717, 1.165) is 10.6 Å². The molecular weight excluding hydrogens is 670 g/mol. The second kappa shape index (κ2) is 15.8. The quantitative estimate of drug-likeness (QED) is 0.128. The van der Waals surface area contributed by atoms with Crippen LogP contribution in [0.4, 0.5) is 10.3 Å². The molecule has 0 saturated heterocycles. The van der Waals surface area contributed by atoms with E-state index in [1.165, 1.54) is 37.4 Å². The van der Waals surface area contributed by atoms with E-state index >= 15 is 0 Å². The standard InChI is InChI=1S/C40H40FN3O6S/c1-27(2)36-34(37(28-20-22-32(41)23-21-28)43-39(42-36)44(3)51(4,48)49)25-24-33(45)26-35(46)50-38(29-14-8-5-9-15-29)40(47,30-16-10-6-11-17-30)31-18-12-7-13-19-31/h5-25,27,33,38,45,47H,26H2,1-4H3/t33-,38+/m1/s1. The number of sulfonamides is 1. The summed E-state index contributed by atoms with van der Waals surface area (Å²) in [6.45, 7) is 3.74. The highest BCUT2D eigenvalue weighted by atomic mass is 32.2. The van der Waals surface area contributed by atoms with Gasteiger partial charge in [-0.15, -0.1) is 0 Å². The highest BCUT2D eigenvalue weighted by Crippen LogP contribution is 2.43. The Balaban J connectivity index is 1.50. The zero-order valence-corrected chi connectivity index (χ0v) is 29.5. The molecule has 11 heteroatoms. The molecule has 5 aromatic rings. The van der Waals surface area contributed by atoms with Gasteiger partial charge in [0.2, 0.25) is 16.0 Å². The Bertz CT molecular complexity index is 2040. The molecule has 0 radical (unpaired) electrons. The summed E-state index contributed by atoms with van der Waals surface area (Å²) in [6, 6.07) is 32.4. The number of benzene rings is 4. The number of rotatable bonds is 13. The zero-order valence-electron chi connectivity index (χ0n) is 28.7. The predicted octanol–water partition coefficient (Wildman–Crippen LogP) is 6.79. The third kappa shape index (κ3) is 8.57. The van der Waals surface area contributed by atoms with E-state index in [2.05, 4.69) is 9.97 Å². The first kappa shape index (κ1) is 37.0. The SMILES string of the molecule is CC(C)c1nc(N(C)S(C)(=O)=O)nc(-c2ccc(F)cc2)c1C=C[C@@H](O)CC(=O)O[C@@H](c1ccccc1)C(O)(c1ccccc1)c1ccccc1. The number of esters is 1. The fourth-order valence-electron chi connectivity index (χ4n) is 5.70. The van der Waals surface area contributed by atoms with Gasteiger partial charge in [-0.3, -0.25) is 4.79 Å². The average Bonchev–Trinajstić information content (AvgIpc) is 3.13. The lowest BCUT2D eigenvalue weighted by atomic mass is 9.79. The van der Waals surface area contributed by atoms with E-state index in [1.54, 1.807) is 78.9 Å². The van der Waals surface area contributed by atoms with Gasteiger partial charge >= 0.3 is 5.97 Å². The molecule has 0 saturated carbocycles. The molecule has 4 aromatic carbocycles. The Kier molecular flexibility index (Phi) is 11.4. The molecule has 1 aromatic heterocycles. The first-order valence-corrected chi connectivity index (χ1v) is 18.2. The molecule has 2 N–H and O–H groups in total. The average molecular weight is 710 g/mol. The van der Waals surface area contributed by atoms with E-state index in [-0.39, 0.29) is 11.9 Å². The van der Waals surface area contributed by atoms with Crippen LogP contribution in [0.2, 0.25) is 0 Å². The zero-order chi connectivity index (χ0) is 36.8. The third-order valence-electron chi connectivity index (χ3n) is 8.43. The molecule has 51 heavy (non-hydrogen) atoms. The van der Waals surface area contributed by atoms with Crippen LogP contribution in [0.1, 0.15) is 60.2 Å². The highest BCUT2D eigenvalue weighted by molar-refractivity contribution is 7.92. The van der Waals surface area contributed by atoms with Crippen LogP contribution in [0.5, 0.6) is 0 Å². The smallest absolute Gasteiger partial charge is 0.309 e. The fraction of sp³-hybridized carbons (Fsp3) is 0.225. The molecule has 2 atom stereocenters. The number of anilines is 1. The van der Waals surface area contributed by atoms with Crippen molar-refractivity contribution >= 4 is 28.0 Å². The number of carbonyl (C=O) groups excluding carboxylic acids is 1. The Morgan fingerprint density at radius 2 is 1.41 bits per heavy atom. The highest BCUT2D eigenvalue weighted by Gasteiger charge is 2.44. The van der Waals surface area contributed by atoms with E-state index in [9.17, 15) is 27.8 Å². The molecule has 0 bridgehead atoms. The topological polar surface area (TPSA) is 130 Å². The van der Waals surface area contributed by atoms with Crippen LogP contribution in [0.3, 0.4) is 0 Å². The van der Waals surface area contributed by atoms with Crippen LogP contribution in [0.25, 0.3) is 17.3 Å². The van der Waals surface area contributed by atoms with Crippen molar-refractivity contribution in [1.82, 2.24) is 9.97 Å². The molecule has 0 aliphatic rings. The van der Waals surface area contributed by atoms with Crippen molar-refractivity contribution in [3.8, 4) is 11.3 Å². The number of carbonyl (C=O) groups is 1. The van der Waals surface area contributed by atoms with Crippen molar-refractivity contribution in [2.45, 2.75) is 44.0 Å². The maximum atomic E-state index is 13.9. The molecule has 1 heterocycles. The molecule has 9 nitrogen and oxygen atoms in total. The van der Waals surface area contributed by atoms with Crippen LogP contribution in [0.15, 0.2) is 121 Å². The number of aromatic nitrogens is 2. The molecule has 0 unspecified atom stereocenters. The minimum absolute atomic E-state index is 0.0712. The van der Waals surface area contributed by atoms with Gasteiger partial charge in [-0.2, -0.15) is 0 Å². The van der Waals surface area contributed by atoms with Gasteiger partial charge in [0.05, 0.1) is 30.2 Å². The second-order valence-electron chi connectivity index (χ2n) is 12.5. The lowest BCUT2D eigenvalue weighted by Gasteiger charge is -2.37. The van der Waals surface area contributed by atoms with Gasteiger partial charge in [-0.1, -0.05) is 117 Å². The van der Waals surface area contributed by atoms with Crippen LogP contribution >= 0.6 is 0 Å². The summed E-state index contributed by atoms with van der Waals surface area (Å²) in [5.41, 5.74) is 1.52. The molecule has 0 spiro atoms.